The third kappa shape index (κ3) is 3.51. The number of nitrogens with one attached hydrogen (secondary N) is 2. The van der Waals surface area contributed by atoms with E-state index in [0.717, 1.165) is 5.56 Å². The van der Waals surface area contributed by atoms with Crippen LogP contribution in [-0.2, 0) is 11.3 Å². The number of benzene rings is 2. The van der Waals surface area contributed by atoms with Crippen molar-refractivity contribution in [2.45, 2.75) is 31.5 Å². The monoisotopic (exact) mass is 314 g/mol. The Morgan fingerprint density at radius 2 is 1.91 bits per heavy atom. The highest BCUT2D eigenvalue weighted by molar-refractivity contribution is 5.77. The largest absolute Gasteiger partial charge is 0.508 e. The molecule has 0 radical (unpaired) electrons. The number of para-hydroxylation sites is 1. The third-order valence-corrected chi connectivity index (χ3v) is 4.19. The van der Waals surface area contributed by atoms with Gasteiger partial charge in [0.25, 0.3) is 0 Å². The van der Waals surface area contributed by atoms with Crippen LogP contribution in [0.15, 0.2) is 48.5 Å². The maximum atomic E-state index is 14.1. The zero-order chi connectivity index (χ0) is 16.2. The Bertz CT molecular complexity index is 705. The van der Waals surface area contributed by atoms with Gasteiger partial charge in [0, 0.05) is 30.1 Å². The van der Waals surface area contributed by atoms with E-state index < -0.39 is 6.04 Å². The Labute approximate surface area is 134 Å². The molecule has 2 aromatic rings. The number of phenolic OH excluding ortho intramolecular Hbond substituents is 1. The Hall–Kier alpha value is -2.40. The summed E-state index contributed by atoms with van der Waals surface area (Å²) < 4.78 is 14.1. The minimum Gasteiger partial charge on any atom is -0.508 e. The normalized spacial score (nSPS) is 21.0. The topological polar surface area (TPSA) is 61.4 Å². The molecule has 1 aliphatic rings. The number of hydrogen-bond acceptors (Lipinski definition) is 3. The summed E-state index contributed by atoms with van der Waals surface area (Å²) in [6.45, 7) is 0.457. The van der Waals surface area contributed by atoms with Gasteiger partial charge in [-0.25, -0.2) is 4.39 Å². The number of halogens is 1. The lowest BCUT2D eigenvalue weighted by atomic mass is 9.91. The van der Waals surface area contributed by atoms with Crippen LogP contribution in [0.5, 0.6) is 5.75 Å². The summed E-state index contributed by atoms with van der Waals surface area (Å²) in [5, 5.41) is 16.0. The van der Waals surface area contributed by atoms with E-state index in [1.807, 2.05) is 12.1 Å². The van der Waals surface area contributed by atoms with Gasteiger partial charge in [0.2, 0.25) is 5.91 Å². The van der Waals surface area contributed by atoms with Crippen molar-refractivity contribution >= 4 is 5.91 Å². The lowest BCUT2D eigenvalue weighted by molar-refractivity contribution is -0.123. The van der Waals surface area contributed by atoms with Gasteiger partial charge in [0.1, 0.15) is 11.6 Å². The summed E-state index contributed by atoms with van der Waals surface area (Å²) in [7, 11) is 0. The van der Waals surface area contributed by atoms with E-state index in [2.05, 4.69) is 10.6 Å². The fourth-order valence-corrected chi connectivity index (χ4v) is 2.94. The number of phenols is 1. The number of carbonyl (C=O) groups excluding carboxylic acids is 1. The summed E-state index contributed by atoms with van der Waals surface area (Å²) in [5.41, 5.74) is 1.26. The molecule has 4 nitrogen and oxygen atoms in total. The van der Waals surface area contributed by atoms with E-state index >= 15 is 0 Å². The van der Waals surface area contributed by atoms with Crippen LogP contribution in [0, 0.1) is 5.82 Å². The molecule has 0 saturated carbocycles. The van der Waals surface area contributed by atoms with Gasteiger partial charge in [-0.05, 0) is 18.6 Å². The molecule has 0 spiro atoms. The highest BCUT2D eigenvalue weighted by Gasteiger charge is 2.31. The molecule has 1 amide bonds. The van der Waals surface area contributed by atoms with E-state index in [9.17, 15) is 14.3 Å². The second-order valence-corrected chi connectivity index (χ2v) is 5.72. The van der Waals surface area contributed by atoms with Gasteiger partial charge in [0.15, 0.2) is 0 Å². The summed E-state index contributed by atoms with van der Waals surface area (Å²) in [4.78, 5) is 11.7. The summed E-state index contributed by atoms with van der Waals surface area (Å²) in [6, 6.07) is 13.1. The lowest BCUT2D eigenvalue weighted by Crippen LogP contribution is -2.48. The smallest absolute Gasteiger partial charge is 0.220 e. The van der Waals surface area contributed by atoms with Gasteiger partial charge in [0.05, 0.1) is 6.04 Å². The maximum absolute atomic E-state index is 14.1. The molecular weight excluding hydrogens is 295 g/mol. The number of hydrogen-bond donors (Lipinski definition) is 3. The average molecular weight is 314 g/mol. The van der Waals surface area contributed by atoms with Crippen molar-refractivity contribution in [3.05, 3.63) is 65.5 Å². The van der Waals surface area contributed by atoms with E-state index in [4.69, 9.17) is 0 Å². The average Bonchev–Trinajstić information content (AvgIpc) is 2.55. The Balaban J connectivity index is 1.77. The highest BCUT2D eigenvalue weighted by atomic mass is 19.1. The van der Waals surface area contributed by atoms with Crippen LogP contribution in [0.1, 0.15) is 30.0 Å². The predicted molar refractivity (Wildman–Crippen MR) is 85.3 cm³/mol. The van der Waals surface area contributed by atoms with Crippen LogP contribution in [-0.4, -0.2) is 17.1 Å². The molecule has 0 bridgehead atoms. The fraction of sp³-hybridized carbons (Fsp3) is 0.278. The second-order valence-electron chi connectivity index (χ2n) is 5.72. The zero-order valence-electron chi connectivity index (χ0n) is 12.6. The van der Waals surface area contributed by atoms with Crippen molar-refractivity contribution in [3.63, 3.8) is 0 Å². The summed E-state index contributed by atoms with van der Waals surface area (Å²) in [6.07, 6.45) is 1.03. The van der Waals surface area contributed by atoms with Crippen LogP contribution < -0.4 is 10.6 Å². The minimum absolute atomic E-state index is 0.0705. The summed E-state index contributed by atoms with van der Waals surface area (Å²) in [5.74, 6) is -0.171. The molecule has 23 heavy (non-hydrogen) atoms. The number of piperidine rings is 1. The fourth-order valence-electron chi connectivity index (χ4n) is 2.94. The SMILES string of the molecule is O=C1CC[C@@H](NCc2ccccc2O)[C@H](c2ccccc2F)N1. The van der Waals surface area contributed by atoms with Gasteiger partial charge in [-0.1, -0.05) is 36.4 Å². The number of carbonyl (C=O) groups is 1. The molecule has 2 aromatic carbocycles. The first-order chi connectivity index (χ1) is 11.1. The van der Waals surface area contributed by atoms with Crippen molar-refractivity contribution in [2.75, 3.05) is 0 Å². The second kappa shape index (κ2) is 6.79. The van der Waals surface area contributed by atoms with E-state index in [1.165, 1.54) is 6.07 Å². The van der Waals surface area contributed by atoms with Crippen molar-refractivity contribution in [3.8, 4) is 5.75 Å². The molecule has 1 fully saturated rings. The number of rotatable bonds is 4. The molecule has 5 heteroatoms. The predicted octanol–water partition coefficient (Wildman–Crippen LogP) is 2.64. The van der Waals surface area contributed by atoms with Crippen molar-refractivity contribution in [1.82, 2.24) is 10.6 Å². The quantitative estimate of drug-likeness (QED) is 0.813. The first kappa shape index (κ1) is 15.5. The summed E-state index contributed by atoms with van der Waals surface area (Å²) >= 11 is 0. The molecule has 3 rings (SSSR count). The molecule has 1 heterocycles. The molecule has 120 valence electrons. The number of aromatic hydroxyl groups is 1. The Morgan fingerprint density at radius 3 is 2.70 bits per heavy atom. The van der Waals surface area contributed by atoms with Crippen LogP contribution in [0.2, 0.25) is 0 Å². The Morgan fingerprint density at radius 1 is 1.17 bits per heavy atom. The van der Waals surface area contributed by atoms with Gasteiger partial charge < -0.3 is 15.7 Å². The van der Waals surface area contributed by atoms with Gasteiger partial charge in [-0.15, -0.1) is 0 Å². The van der Waals surface area contributed by atoms with Gasteiger partial charge in [-0.3, -0.25) is 4.79 Å². The number of amides is 1. The first-order valence-electron chi connectivity index (χ1n) is 7.69. The standard InChI is InChI=1S/C18H19FN2O2/c19-14-7-3-2-6-13(14)18-15(9-10-17(23)21-18)20-11-12-5-1-4-8-16(12)22/h1-8,15,18,20,22H,9-11H2,(H,21,23)/t15-,18+/m1/s1. The van der Waals surface area contributed by atoms with E-state index in [0.29, 0.717) is 24.9 Å². The molecule has 2 atom stereocenters. The molecular formula is C18H19FN2O2. The molecule has 0 unspecified atom stereocenters. The van der Waals surface area contributed by atoms with Crippen molar-refractivity contribution in [2.24, 2.45) is 0 Å². The van der Waals surface area contributed by atoms with Crippen molar-refractivity contribution < 1.29 is 14.3 Å². The first-order valence-corrected chi connectivity index (χ1v) is 7.69. The van der Waals surface area contributed by atoms with Gasteiger partial charge >= 0.3 is 0 Å². The van der Waals surface area contributed by atoms with E-state index in [1.54, 1.807) is 30.3 Å². The van der Waals surface area contributed by atoms with Crippen LogP contribution in [0.3, 0.4) is 0 Å². The lowest BCUT2D eigenvalue weighted by Gasteiger charge is -2.33. The zero-order valence-corrected chi connectivity index (χ0v) is 12.6. The van der Waals surface area contributed by atoms with Crippen LogP contribution in [0.25, 0.3) is 0 Å². The molecule has 0 aliphatic carbocycles. The molecule has 3 N–H and O–H groups in total. The third-order valence-electron chi connectivity index (χ3n) is 4.19. The van der Waals surface area contributed by atoms with E-state index in [-0.39, 0.29) is 23.5 Å². The molecule has 1 saturated heterocycles. The highest BCUT2D eigenvalue weighted by Crippen LogP contribution is 2.27. The molecule has 1 aliphatic heterocycles. The maximum Gasteiger partial charge on any atom is 0.220 e. The Kier molecular flexibility index (Phi) is 4.57. The van der Waals surface area contributed by atoms with Crippen molar-refractivity contribution in [1.29, 1.82) is 0 Å². The minimum atomic E-state index is -0.414. The van der Waals surface area contributed by atoms with Crippen LogP contribution in [0.4, 0.5) is 4.39 Å². The van der Waals surface area contributed by atoms with Gasteiger partial charge in [-0.2, -0.15) is 0 Å². The van der Waals surface area contributed by atoms with Crippen LogP contribution >= 0.6 is 0 Å². The molecule has 0 aromatic heterocycles.